The van der Waals surface area contributed by atoms with Gasteiger partial charge in [-0.15, -0.1) is 0 Å². The normalized spacial score (nSPS) is 27.0. The summed E-state index contributed by atoms with van der Waals surface area (Å²) in [5.74, 6) is 0.194. The van der Waals surface area contributed by atoms with Crippen molar-refractivity contribution in [3.05, 3.63) is 35.6 Å². The Balaban J connectivity index is 2.06. The predicted octanol–water partition coefficient (Wildman–Crippen LogP) is 2.46. The molecule has 0 aliphatic heterocycles. The molecule has 0 heterocycles. The van der Waals surface area contributed by atoms with Gasteiger partial charge in [0.15, 0.2) is 0 Å². The van der Waals surface area contributed by atoms with Crippen molar-refractivity contribution in [3.8, 4) is 0 Å². The number of benzene rings is 1. The number of halogens is 1. The van der Waals surface area contributed by atoms with Gasteiger partial charge in [0.1, 0.15) is 5.82 Å². The van der Waals surface area contributed by atoms with Gasteiger partial charge in [-0.05, 0) is 55.9 Å². The van der Waals surface area contributed by atoms with Crippen LogP contribution in [0.3, 0.4) is 0 Å². The molecule has 1 fully saturated rings. The van der Waals surface area contributed by atoms with E-state index < -0.39 is 0 Å². The van der Waals surface area contributed by atoms with Gasteiger partial charge >= 0.3 is 0 Å². The highest BCUT2D eigenvalue weighted by atomic mass is 19.1. The third kappa shape index (κ3) is 3.32. The van der Waals surface area contributed by atoms with E-state index in [1.54, 1.807) is 0 Å². The number of nitrogens with two attached hydrogens (primary N) is 1. The summed E-state index contributed by atoms with van der Waals surface area (Å²) >= 11 is 0. The number of carbonyl (C=O) groups is 1. The number of nitrogens with one attached hydrogen (secondary N) is 1. The van der Waals surface area contributed by atoms with Gasteiger partial charge in [-0.1, -0.05) is 6.92 Å². The first-order valence-electron chi connectivity index (χ1n) is 6.83. The van der Waals surface area contributed by atoms with Crippen molar-refractivity contribution in [2.75, 3.05) is 6.54 Å². The molecule has 0 atom stereocenters. The van der Waals surface area contributed by atoms with Crippen molar-refractivity contribution < 1.29 is 9.18 Å². The molecule has 3 N–H and O–H groups in total. The standard InChI is InChI=1S/C15H21FN2O/c1-11-6-8-15(10-17,9-7-11)18-14(19)12-2-4-13(16)5-3-12/h2-5,11H,6-10,17H2,1H3,(H,18,19). The quantitative estimate of drug-likeness (QED) is 0.881. The van der Waals surface area contributed by atoms with Crippen LogP contribution >= 0.6 is 0 Å². The van der Waals surface area contributed by atoms with E-state index in [1.807, 2.05) is 0 Å². The van der Waals surface area contributed by atoms with Gasteiger partial charge in [0, 0.05) is 12.1 Å². The Bertz CT molecular complexity index is 436. The minimum atomic E-state index is -0.337. The molecule has 0 aromatic heterocycles. The summed E-state index contributed by atoms with van der Waals surface area (Å²) in [6, 6.07) is 5.60. The average molecular weight is 264 g/mol. The maximum Gasteiger partial charge on any atom is 0.251 e. The minimum absolute atomic E-state index is 0.167. The topological polar surface area (TPSA) is 55.1 Å². The molecular weight excluding hydrogens is 243 g/mol. The average Bonchev–Trinajstić information content (AvgIpc) is 2.42. The number of amides is 1. The highest BCUT2D eigenvalue weighted by Gasteiger charge is 2.34. The lowest BCUT2D eigenvalue weighted by Gasteiger charge is -2.39. The summed E-state index contributed by atoms with van der Waals surface area (Å²) in [4.78, 5) is 12.2. The molecule has 4 heteroatoms. The van der Waals surface area contributed by atoms with Crippen LogP contribution in [-0.4, -0.2) is 18.0 Å². The second kappa shape index (κ2) is 5.70. The number of hydrogen-bond acceptors (Lipinski definition) is 2. The van der Waals surface area contributed by atoms with Crippen molar-refractivity contribution >= 4 is 5.91 Å². The maximum atomic E-state index is 12.8. The Morgan fingerprint density at radius 1 is 1.37 bits per heavy atom. The molecule has 0 saturated heterocycles. The van der Waals surface area contributed by atoms with Crippen LogP contribution < -0.4 is 11.1 Å². The zero-order valence-electron chi connectivity index (χ0n) is 11.3. The van der Waals surface area contributed by atoms with Crippen molar-refractivity contribution in [1.82, 2.24) is 5.32 Å². The Hall–Kier alpha value is -1.42. The summed E-state index contributed by atoms with van der Waals surface area (Å²) < 4.78 is 12.8. The van der Waals surface area contributed by atoms with E-state index in [0.29, 0.717) is 18.0 Å². The van der Waals surface area contributed by atoms with E-state index in [9.17, 15) is 9.18 Å². The van der Waals surface area contributed by atoms with E-state index in [0.717, 1.165) is 25.7 Å². The van der Waals surface area contributed by atoms with Crippen LogP contribution in [0.15, 0.2) is 24.3 Å². The van der Waals surface area contributed by atoms with Gasteiger partial charge in [-0.3, -0.25) is 4.79 Å². The molecule has 3 nitrogen and oxygen atoms in total. The van der Waals surface area contributed by atoms with Crippen LogP contribution in [0.1, 0.15) is 43.0 Å². The van der Waals surface area contributed by atoms with E-state index >= 15 is 0 Å². The van der Waals surface area contributed by atoms with Crippen LogP contribution in [0.2, 0.25) is 0 Å². The molecule has 1 aliphatic rings. The van der Waals surface area contributed by atoms with Gasteiger partial charge in [0.2, 0.25) is 0 Å². The fourth-order valence-electron chi connectivity index (χ4n) is 2.61. The molecule has 1 aromatic carbocycles. The molecule has 0 spiro atoms. The van der Waals surface area contributed by atoms with Gasteiger partial charge in [0.25, 0.3) is 5.91 Å². The van der Waals surface area contributed by atoms with Crippen molar-refractivity contribution in [2.24, 2.45) is 11.7 Å². The first-order chi connectivity index (χ1) is 9.04. The Morgan fingerprint density at radius 2 is 1.95 bits per heavy atom. The Labute approximate surface area is 113 Å². The van der Waals surface area contributed by atoms with Gasteiger partial charge < -0.3 is 11.1 Å². The Kier molecular flexibility index (Phi) is 4.20. The van der Waals surface area contributed by atoms with Gasteiger partial charge in [-0.25, -0.2) is 4.39 Å². The number of hydrogen-bond donors (Lipinski definition) is 2. The third-order valence-corrected chi connectivity index (χ3v) is 4.11. The van der Waals surface area contributed by atoms with Crippen LogP contribution in [-0.2, 0) is 0 Å². The molecule has 2 rings (SSSR count). The van der Waals surface area contributed by atoms with Gasteiger partial charge in [0.05, 0.1) is 5.54 Å². The lowest BCUT2D eigenvalue weighted by Crippen LogP contribution is -2.55. The molecule has 104 valence electrons. The molecule has 0 bridgehead atoms. The van der Waals surface area contributed by atoms with Gasteiger partial charge in [-0.2, -0.15) is 0 Å². The molecule has 1 amide bonds. The highest BCUT2D eigenvalue weighted by molar-refractivity contribution is 5.94. The molecular formula is C15H21FN2O. The fourth-order valence-corrected chi connectivity index (χ4v) is 2.61. The van der Waals surface area contributed by atoms with E-state index in [1.165, 1.54) is 24.3 Å². The van der Waals surface area contributed by atoms with Crippen LogP contribution in [0.4, 0.5) is 4.39 Å². The summed E-state index contributed by atoms with van der Waals surface area (Å²) in [5.41, 5.74) is 6.05. The summed E-state index contributed by atoms with van der Waals surface area (Å²) in [6.45, 7) is 2.68. The monoisotopic (exact) mass is 264 g/mol. The zero-order chi connectivity index (χ0) is 13.9. The van der Waals surface area contributed by atoms with Crippen molar-refractivity contribution in [3.63, 3.8) is 0 Å². The summed E-state index contributed by atoms with van der Waals surface area (Å²) in [5, 5.41) is 3.05. The highest BCUT2D eigenvalue weighted by Crippen LogP contribution is 2.31. The molecule has 1 aliphatic carbocycles. The maximum absolute atomic E-state index is 12.8. The number of rotatable bonds is 3. The van der Waals surface area contributed by atoms with E-state index in [4.69, 9.17) is 5.73 Å². The van der Waals surface area contributed by atoms with Crippen LogP contribution in [0.5, 0.6) is 0 Å². The Morgan fingerprint density at radius 3 is 2.47 bits per heavy atom. The molecule has 19 heavy (non-hydrogen) atoms. The van der Waals surface area contributed by atoms with E-state index in [2.05, 4.69) is 12.2 Å². The zero-order valence-corrected chi connectivity index (χ0v) is 11.3. The second-order valence-electron chi connectivity index (χ2n) is 5.63. The van der Waals surface area contributed by atoms with E-state index in [-0.39, 0.29) is 17.3 Å². The van der Waals surface area contributed by atoms with Crippen molar-refractivity contribution in [1.29, 1.82) is 0 Å². The summed E-state index contributed by atoms with van der Waals surface area (Å²) in [7, 11) is 0. The predicted molar refractivity (Wildman–Crippen MR) is 73.3 cm³/mol. The lowest BCUT2D eigenvalue weighted by molar-refractivity contribution is 0.0860. The molecule has 0 radical (unpaired) electrons. The fraction of sp³-hybridized carbons (Fsp3) is 0.533. The smallest absolute Gasteiger partial charge is 0.251 e. The minimum Gasteiger partial charge on any atom is -0.345 e. The first-order valence-corrected chi connectivity index (χ1v) is 6.83. The van der Waals surface area contributed by atoms with Crippen LogP contribution in [0, 0.1) is 11.7 Å². The lowest BCUT2D eigenvalue weighted by atomic mass is 9.77. The molecule has 0 unspecified atom stereocenters. The first kappa shape index (κ1) is 14.0. The SMILES string of the molecule is CC1CCC(CN)(NC(=O)c2ccc(F)cc2)CC1. The second-order valence-corrected chi connectivity index (χ2v) is 5.63. The summed E-state index contributed by atoms with van der Waals surface area (Å²) in [6.07, 6.45) is 4.00. The van der Waals surface area contributed by atoms with Crippen molar-refractivity contribution in [2.45, 2.75) is 38.1 Å². The third-order valence-electron chi connectivity index (χ3n) is 4.11. The molecule has 1 saturated carbocycles. The van der Waals surface area contributed by atoms with Crippen LogP contribution in [0.25, 0.3) is 0 Å². The number of carbonyl (C=O) groups excluding carboxylic acids is 1. The largest absolute Gasteiger partial charge is 0.345 e. The molecule has 1 aromatic rings.